The Balaban J connectivity index is 1.99. The third-order valence-corrected chi connectivity index (χ3v) is 4.89. The monoisotopic (exact) mass is 478 g/mol. The molecule has 1 aliphatic heterocycles. The van der Waals surface area contributed by atoms with E-state index in [2.05, 4.69) is 10.1 Å². The number of nitrogens with zero attached hydrogens (tertiary/aromatic N) is 1. The zero-order chi connectivity index (χ0) is 23.4. The second-order valence-electron chi connectivity index (χ2n) is 6.31. The van der Waals surface area contributed by atoms with Gasteiger partial charge >= 0.3 is 5.97 Å². The van der Waals surface area contributed by atoms with Gasteiger partial charge in [0.05, 0.1) is 24.9 Å². The molecule has 0 radical (unpaired) electrons. The molecule has 2 aromatic rings. The lowest BCUT2D eigenvalue weighted by atomic mass is 10.1. The highest BCUT2D eigenvalue weighted by Crippen LogP contribution is 2.37. The van der Waals surface area contributed by atoms with Crippen molar-refractivity contribution < 1.29 is 33.0 Å². The molecule has 0 aromatic heterocycles. The van der Waals surface area contributed by atoms with Crippen LogP contribution >= 0.6 is 23.8 Å². The molecule has 11 heteroatoms. The van der Waals surface area contributed by atoms with Crippen molar-refractivity contribution in [3.05, 3.63) is 58.4 Å². The number of hydrogen-bond donors (Lipinski definition) is 1. The Hall–Kier alpha value is -3.50. The molecule has 1 N–H and O–H groups in total. The summed E-state index contributed by atoms with van der Waals surface area (Å²) in [6, 6.07) is 8.39. The van der Waals surface area contributed by atoms with Gasteiger partial charge in [-0.25, -0.2) is 14.1 Å². The van der Waals surface area contributed by atoms with E-state index >= 15 is 0 Å². The highest BCUT2D eigenvalue weighted by Gasteiger charge is 2.35. The van der Waals surface area contributed by atoms with E-state index in [1.165, 1.54) is 56.7 Å². The number of halogens is 2. The number of methoxy groups -OCH3 is 2. The van der Waals surface area contributed by atoms with Crippen LogP contribution < -0.4 is 19.7 Å². The van der Waals surface area contributed by atoms with Crippen molar-refractivity contribution >= 4 is 58.5 Å². The van der Waals surface area contributed by atoms with Gasteiger partial charge in [0.15, 0.2) is 23.2 Å². The van der Waals surface area contributed by atoms with Crippen LogP contribution in [0.3, 0.4) is 0 Å². The fourth-order valence-electron chi connectivity index (χ4n) is 2.83. The molecule has 8 nitrogen and oxygen atoms in total. The molecule has 166 valence electrons. The molecule has 1 saturated heterocycles. The smallest absolute Gasteiger partial charge is 0.343 e. The first-order valence-corrected chi connectivity index (χ1v) is 9.78. The molecule has 0 unspecified atom stereocenters. The number of amides is 2. The summed E-state index contributed by atoms with van der Waals surface area (Å²) in [5.74, 6) is -2.65. The number of benzene rings is 2. The zero-order valence-corrected chi connectivity index (χ0v) is 18.4. The third-order valence-electron chi connectivity index (χ3n) is 4.32. The number of thiocarbonyl (C=S) groups is 1. The first-order valence-electron chi connectivity index (χ1n) is 9.00. The first-order chi connectivity index (χ1) is 15.3. The van der Waals surface area contributed by atoms with E-state index < -0.39 is 30.2 Å². The number of hydrogen-bond acceptors (Lipinski definition) is 7. The quantitative estimate of drug-likeness (QED) is 0.295. The number of carbonyl (C=O) groups is 3. The maximum Gasteiger partial charge on any atom is 0.343 e. The van der Waals surface area contributed by atoms with Crippen LogP contribution in [0.15, 0.2) is 42.0 Å². The number of rotatable bonds is 6. The van der Waals surface area contributed by atoms with Gasteiger partial charge in [0.25, 0.3) is 11.8 Å². The number of esters is 1. The van der Waals surface area contributed by atoms with Crippen LogP contribution in [0.5, 0.6) is 11.5 Å². The lowest BCUT2D eigenvalue weighted by Crippen LogP contribution is -2.54. The van der Waals surface area contributed by atoms with Gasteiger partial charge in [-0.3, -0.25) is 14.9 Å². The van der Waals surface area contributed by atoms with Crippen molar-refractivity contribution in [3.8, 4) is 11.5 Å². The summed E-state index contributed by atoms with van der Waals surface area (Å²) in [6.07, 6.45) is 1.26. The molecule has 3 rings (SSSR count). The third kappa shape index (κ3) is 4.71. The first kappa shape index (κ1) is 23.2. The van der Waals surface area contributed by atoms with Crippen molar-refractivity contribution in [3.63, 3.8) is 0 Å². The number of anilines is 1. The van der Waals surface area contributed by atoms with E-state index in [1.54, 1.807) is 0 Å². The highest BCUT2D eigenvalue weighted by atomic mass is 35.5. The van der Waals surface area contributed by atoms with Gasteiger partial charge in [0.2, 0.25) is 0 Å². The molecule has 1 heterocycles. The average molecular weight is 479 g/mol. The summed E-state index contributed by atoms with van der Waals surface area (Å²) in [5, 5.41) is 2.19. The van der Waals surface area contributed by atoms with Crippen molar-refractivity contribution in [2.45, 2.75) is 0 Å². The van der Waals surface area contributed by atoms with E-state index in [-0.39, 0.29) is 32.9 Å². The molecule has 1 fully saturated rings. The van der Waals surface area contributed by atoms with E-state index in [0.717, 1.165) is 4.90 Å². The molecule has 2 amide bonds. The Morgan fingerprint density at radius 1 is 1.25 bits per heavy atom. The van der Waals surface area contributed by atoms with Gasteiger partial charge in [-0.2, -0.15) is 0 Å². The minimum absolute atomic E-state index is 0.0604. The Bertz CT molecular complexity index is 1150. The van der Waals surface area contributed by atoms with Crippen LogP contribution in [0, 0.1) is 5.82 Å². The SMILES string of the molecule is COC(=O)COc1c(Cl)cc(/C=C2\C(=O)NC(=S)N(c3ccccc3F)C2=O)cc1OC. The van der Waals surface area contributed by atoms with Crippen LogP contribution in [0.1, 0.15) is 5.56 Å². The van der Waals surface area contributed by atoms with Gasteiger partial charge in [-0.15, -0.1) is 0 Å². The van der Waals surface area contributed by atoms with Gasteiger partial charge < -0.3 is 14.2 Å². The largest absolute Gasteiger partial charge is 0.493 e. The number of carbonyl (C=O) groups excluding carboxylic acids is 3. The van der Waals surface area contributed by atoms with Gasteiger partial charge in [-0.05, 0) is 48.1 Å². The summed E-state index contributed by atoms with van der Waals surface area (Å²) < 4.78 is 29.3. The van der Waals surface area contributed by atoms with Crippen molar-refractivity contribution in [1.82, 2.24) is 5.32 Å². The summed E-state index contributed by atoms with van der Waals surface area (Å²) in [4.78, 5) is 37.7. The fraction of sp³-hybridized carbons (Fsp3) is 0.143. The Labute approximate surface area is 192 Å². The van der Waals surface area contributed by atoms with E-state index in [9.17, 15) is 18.8 Å². The predicted octanol–water partition coefficient (Wildman–Crippen LogP) is 2.87. The molecule has 0 aliphatic carbocycles. The number of nitrogens with one attached hydrogen (secondary N) is 1. The zero-order valence-electron chi connectivity index (χ0n) is 16.8. The number of ether oxygens (including phenoxy) is 3. The predicted molar refractivity (Wildman–Crippen MR) is 118 cm³/mol. The van der Waals surface area contributed by atoms with Crippen LogP contribution in [-0.2, 0) is 19.1 Å². The molecule has 0 bridgehead atoms. The maximum atomic E-state index is 14.3. The Kier molecular flexibility index (Phi) is 7.06. The molecular weight excluding hydrogens is 463 g/mol. The molecular formula is C21H16ClFN2O6S. The number of para-hydroxylation sites is 1. The van der Waals surface area contributed by atoms with Gasteiger partial charge in [-0.1, -0.05) is 23.7 Å². The molecule has 0 atom stereocenters. The standard InChI is InChI=1S/C21H16ClFN2O6S/c1-29-16-9-11(8-13(22)18(16)31-10-17(26)30-2)7-12-19(27)24-21(32)25(20(12)28)15-6-4-3-5-14(15)23/h3-9H,10H2,1-2H3,(H,24,27,32)/b12-7+. The van der Waals surface area contributed by atoms with Gasteiger partial charge in [0, 0.05) is 0 Å². The average Bonchev–Trinajstić information content (AvgIpc) is 2.76. The molecule has 0 saturated carbocycles. The van der Waals surface area contributed by atoms with Crippen LogP contribution in [-0.4, -0.2) is 43.7 Å². The second-order valence-corrected chi connectivity index (χ2v) is 7.10. The molecule has 1 aliphatic rings. The minimum Gasteiger partial charge on any atom is -0.493 e. The van der Waals surface area contributed by atoms with E-state index in [4.69, 9.17) is 33.3 Å². The summed E-state index contributed by atoms with van der Waals surface area (Å²) in [6.45, 7) is -0.400. The topological polar surface area (TPSA) is 94.2 Å². The Morgan fingerprint density at radius 2 is 1.97 bits per heavy atom. The fourth-order valence-corrected chi connectivity index (χ4v) is 3.38. The van der Waals surface area contributed by atoms with Gasteiger partial charge in [0.1, 0.15) is 11.4 Å². The van der Waals surface area contributed by atoms with Crippen LogP contribution in [0.4, 0.5) is 10.1 Å². The summed E-state index contributed by atoms with van der Waals surface area (Å²) >= 11 is 11.3. The van der Waals surface area contributed by atoms with Crippen molar-refractivity contribution in [1.29, 1.82) is 0 Å². The minimum atomic E-state index is -0.815. The summed E-state index contributed by atoms with van der Waals surface area (Å²) in [7, 11) is 2.56. The van der Waals surface area contributed by atoms with E-state index in [0.29, 0.717) is 5.56 Å². The highest BCUT2D eigenvalue weighted by molar-refractivity contribution is 7.80. The Morgan fingerprint density at radius 3 is 2.62 bits per heavy atom. The van der Waals surface area contributed by atoms with Crippen molar-refractivity contribution in [2.24, 2.45) is 0 Å². The van der Waals surface area contributed by atoms with Crippen LogP contribution in [0.2, 0.25) is 5.02 Å². The molecule has 32 heavy (non-hydrogen) atoms. The molecule has 2 aromatic carbocycles. The normalized spacial score (nSPS) is 14.9. The van der Waals surface area contributed by atoms with Crippen LogP contribution in [0.25, 0.3) is 6.08 Å². The van der Waals surface area contributed by atoms with Crippen molar-refractivity contribution in [2.75, 3.05) is 25.7 Å². The second kappa shape index (κ2) is 9.75. The molecule has 0 spiro atoms. The van der Waals surface area contributed by atoms with E-state index in [1.807, 2.05) is 0 Å². The maximum absolute atomic E-state index is 14.3. The lowest BCUT2D eigenvalue weighted by molar-refractivity contribution is -0.143. The lowest BCUT2D eigenvalue weighted by Gasteiger charge is -2.29. The summed E-state index contributed by atoms with van der Waals surface area (Å²) in [5.41, 5.74) is -0.0872.